The Morgan fingerprint density at radius 1 is 1.36 bits per heavy atom. The Kier molecular flexibility index (Phi) is 5.11. The number of aliphatic carboxylic acids is 1. The summed E-state index contributed by atoms with van der Waals surface area (Å²) in [7, 11) is 1.56. The highest BCUT2D eigenvalue weighted by Gasteiger charge is 2.12. The number of aromatic nitrogens is 1. The van der Waals surface area contributed by atoms with Gasteiger partial charge in [-0.15, -0.1) is 11.3 Å². The van der Waals surface area contributed by atoms with Crippen molar-refractivity contribution in [1.82, 2.24) is 4.98 Å². The number of nitrogens with one attached hydrogen (secondary N) is 1. The first kappa shape index (κ1) is 16.0. The van der Waals surface area contributed by atoms with Crippen LogP contribution in [0.2, 0.25) is 0 Å². The van der Waals surface area contributed by atoms with Crippen molar-refractivity contribution >= 4 is 28.3 Å². The van der Waals surface area contributed by atoms with Crippen molar-refractivity contribution in [1.29, 1.82) is 0 Å². The first-order chi connectivity index (χ1) is 10.5. The van der Waals surface area contributed by atoms with Gasteiger partial charge in [-0.3, -0.25) is 9.59 Å². The molecule has 0 saturated carbocycles. The zero-order chi connectivity index (χ0) is 16.1. The van der Waals surface area contributed by atoms with Gasteiger partial charge in [-0.1, -0.05) is 17.7 Å². The van der Waals surface area contributed by atoms with E-state index in [0.29, 0.717) is 16.6 Å². The molecule has 0 aliphatic heterocycles. The summed E-state index contributed by atoms with van der Waals surface area (Å²) in [4.78, 5) is 26.8. The number of aryl methyl sites for hydroxylation is 1. The van der Waals surface area contributed by atoms with Gasteiger partial charge in [-0.2, -0.15) is 0 Å². The van der Waals surface area contributed by atoms with E-state index >= 15 is 0 Å². The van der Waals surface area contributed by atoms with Gasteiger partial charge in [-0.05, 0) is 13.0 Å². The Bertz CT molecular complexity index is 697. The van der Waals surface area contributed by atoms with Crippen molar-refractivity contribution in [2.75, 3.05) is 12.4 Å². The highest BCUT2D eigenvalue weighted by Crippen LogP contribution is 2.21. The number of amides is 1. The average molecular weight is 320 g/mol. The molecule has 0 radical (unpaired) electrons. The van der Waals surface area contributed by atoms with Crippen LogP contribution < -0.4 is 10.1 Å². The van der Waals surface area contributed by atoms with Crippen LogP contribution in [0.3, 0.4) is 0 Å². The first-order valence-electron chi connectivity index (χ1n) is 6.57. The Hall–Kier alpha value is -2.41. The van der Waals surface area contributed by atoms with E-state index in [2.05, 4.69) is 10.3 Å². The molecule has 1 heterocycles. The molecule has 0 aliphatic carbocycles. The van der Waals surface area contributed by atoms with Gasteiger partial charge in [0.05, 0.1) is 25.6 Å². The third-order valence-corrected chi connectivity index (χ3v) is 3.72. The zero-order valence-corrected chi connectivity index (χ0v) is 13.1. The molecular weight excluding hydrogens is 304 g/mol. The van der Waals surface area contributed by atoms with Crippen LogP contribution in [0.4, 0.5) is 5.13 Å². The second-order valence-corrected chi connectivity index (χ2v) is 5.61. The van der Waals surface area contributed by atoms with Gasteiger partial charge in [-0.25, -0.2) is 4.98 Å². The predicted octanol–water partition coefficient (Wildman–Crippen LogP) is 2.27. The monoisotopic (exact) mass is 320 g/mol. The summed E-state index contributed by atoms with van der Waals surface area (Å²) in [6, 6.07) is 5.64. The van der Waals surface area contributed by atoms with Crippen LogP contribution in [0, 0.1) is 6.92 Å². The summed E-state index contributed by atoms with van der Waals surface area (Å²) in [5.74, 6) is -0.515. The number of nitrogens with zero attached hydrogens (tertiary/aromatic N) is 1. The Morgan fingerprint density at radius 2 is 2.14 bits per heavy atom. The molecule has 0 spiro atoms. The lowest BCUT2D eigenvalue weighted by Gasteiger charge is -2.09. The number of carboxylic acids is 1. The first-order valence-corrected chi connectivity index (χ1v) is 7.45. The van der Waals surface area contributed by atoms with Crippen LogP contribution in [0.1, 0.15) is 16.8 Å². The molecule has 0 saturated heterocycles. The van der Waals surface area contributed by atoms with Crippen molar-refractivity contribution in [2.24, 2.45) is 0 Å². The van der Waals surface area contributed by atoms with E-state index in [-0.39, 0.29) is 18.7 Å². The third kappa shape index (κ3) is 4.29. The van der Waals surface area contributed by atoms with Crippen molar-refractivity contribution in [2.45, 2.75) is 19.8 Å². The molecule has 6 nitrogen and oxygen atoms in total. The van der Waals surface area contributed by atoms with E-state index in [1.54, 1.807) is 12.5 Å². The Labute approximate surface area is 131 Å². The van der Waals surface area contributed by atoms with E-state index in [1.807, 2.05) is 25.1 Å². The molecule has 0 atom stereocenters. The molecule has 0 aliphatic rings. The van der Waals surface area contributed by atoms with Gasteiger partial charge in [0.25, 0.3) is 0 Å². The van der Waals surface area contributed by atoms with E-state index in [9.17, 15) is 9.59 Å². The number of benzene rings is 1. The number of carbonyl (C=O) groups excluding carboxylic acids is 1. The predicted molar refractivity (Wildman–Crippen MR) is 83.5 cm³/mol. The van der Waals surface area contributed by atoms with E-state index in [4.69, 9.17) is 9.84 Å². The molecule has 1 aromatic carbocycles. The minimum absolute atomic E-state index is 0.155. The number of ether oxygens (including phenoxy) is 1. The quantitative estimate of drug-likeness (QED) is 0.852. The fourth-order valence-electron chi connectivity index (χ4n) is 1.98. The normalized spacial score (nSPS) is 10.3. The van der Waals surface area contributed by atoms with Crippen LogP contribution in [0.5, 0.6) is 5.75 Å². The van der Waals surface area contributed by atoms with Crippen molar-refractivity contribution in [3.8, 4) is 5.75 Å². The summed E-state index contributed by atoms with van der Waals surface area (Å²) >= 11 is 1.21. The summed E-state index contributed by atoms with van der Waals surface area (Å²) in [6.07, 6.45) is 0.0107. The molecule has 7 heteroatoms. The number of anilines is 1. The maximum Gasteiger partial charge on any atom is 0.309 e. The maximum atomic E-state index is 12.1. The van der Waals surface area contributed by atoms with Crippen LogP contribution in [0.25, 0.3) is 0 Å². The van der Waals surface area contributed by atoms with E-state index in [0.717, 1.165) is 11.1 Å². The molecule has 2 aromatic rings. The van der Waals surface area contributed by atoms with E-state index in [1.165, 1.54) is 11.3 Å². The standard InChI is InChI=1S/C15H16N2O4S/c1-9-3-4-12(21-2)10(5-9)6-13(18)17-15-16-11(8-22-15)7-14(19)20/h3-5,8H,6-7H2,1-2H3,(H,19,20)(H,16,17,18). The van der Waals surface area contributed by atoms with Gasteiger partial charge in [0.2, 0.25) is 5.91 Å². The summed E-state index contributed by atoms with van der Waals surface area (Å²) < 4.78 is 5.24. The number of methoxy groups -OCH3 is 1. The van der Waals surface area contributed by atoms with Gasteiger partial charge < -0.3 is 15.2 Å². The summed E-state index contributed by atoms with van der Waals surface area (Å²) in [6.45, 7) is 1.94. The second kappa shape index (κ2) is 7.04. The van der Waals surface area contributed by atoms with E-state index < -0.39 is 5.97 Å². The smallest absolute Gasteiger partial charge is 0.309 e. The Balaban J connectivity index is 2.02. The molecule has 0 fully saturated rings. The third-order valence-electron chi connectivity index (χ3n) is 2.92. The molecule has 1 aromatic heterocycles. The lowest BCUT2D eigenvalue weighted by molar-refractivity contribution is -0.136. The van der Waals surface area contributed by atoms with Crippen molar-refractivity contribution < 1.29 is 19.4 Å². The molecule has 22 heavy (non-hydrogen) atoms. The summed E-state index contributed by atoms with van der Waals surface area (Å²) in [5.41, 5.74) is 2.27. The number of hydrogen-bond donors (Lipinski definition) is 2. The number of thiazole rings is 1. The number of carbonyl (C=O) groups is 2. The van der Waals surface area contributed by atoms with Crippen LogP contribution in [0.15, 0.2) is 23.6 Å². The van der Waals surface area contributed by atoms with Crippen molar-refractivity contribution in [3.63, 3.8) is 0 Å². The topological polar surface area (TPSA) is 88.5 Å². The van der Waals surface area contributed by atoms with Crippen molar-refractivity contribution in [3.05, 3.63) is 40.4 Å². The Morgan fingerprint density at radius 3 is 2.82 bits per heavy atom. The number of carboxylic acid groups (broad SMARTS) is 1. The SMILES string of the molecule is COc1ccc(C)cc1CC(=O)Nc1nc(CC(=O)O)cs1. The average Bonchev–Trinajstić information content (AvgIpc) is 2.85. The highest BCUT2D eigenvalue weighted by molar-refractivity contribution is 7.13. The lowest BCUT2D eigenvalue weighted by atomic mass is 10.1. The fraction of sp³-hybridized carbons (Fsp3) is 0.267. The molecular formula is C15H16N2O4S. The van der Waals surface area contributed by atoms with Crippen LogP contribution in [-0.4, -0.2) is 29.1 Å². The number of rotatable bonds is 6. The highest BCUT2D eigenvalue weighted by atomic mass is 32.1. The van der Waals surface area contributed by atoms with Gasteiger partial charge in [0.1, 0.15) is 5.75 Å². The fourth-order valence-corrected chi connectivity index (χ4v) is 2.71. The molecule has 1 amide bonds. The van der Waals surface area contributed by atoms with Gasteiger partial charge in [0.15, 0.2) is 5.13 Å². The molecule has 0 unspecified atom stereocenters. The van der Waals surface area contributed by atoms with Crippen LogP contribution >= 0.6 is 11.3 Å². The maximum absolute atomic E-state index is 12.1. The van der Waals surface area contributed by atoms with Gasteiger partial charge in [0, 0.05) is 10.9 Å². The second-order valence-electron chi connectivity index (χ2n) is 4.75. The minimum atomic E-state index is -0.951. The molecule has 116 valence electrons. The summed E-state index contributed by atoms with van der Waals surface area (Å²) in [5, 5.41) is 13.4. The minimum Gasteiger partial charge on any atom is -0.496 e. The molecule has 2 rings (SSSR count). The van der Waals surface area contributed by atoms with Crippen LogP contribution in [-0.2, 0) is 22.4 Å². The molecule has 0 bridgehead atoms. The largest absolute Gasteiger partial charge is 0.496 e. The molecule has 2 N–H and O–H groups in total. The number of hydrogen-bond acceptors (Lipinski definition) is 5. The van der Waals surface area contributed by atoms with Gasteiger partial charge >= 0.3 is 5.97 Å². The lowest BCUT2D eigenvalue weighted by Crippen LogP contribution is -2.15. The zero-order valence-electron chi connectivity index (χ0n) is 12.3.